The molecule has 0 spiro atoms. The molecule has 0 saturated carbocycles. The number of aryl methyl sites for hydroxylation is 2. The van der Waals surface area contributed by atoms with Crippen molar-refractivity contribution >= 4 is 6.03 Å². The van der Waals surface area contributed by atoms with E-state index in [4.69, 9.17) is 4.42 Å². The van der Waals surface area contributed by atoms with Crippen LogP contribution < -0.4 is 10.6 Å². The molecule has 0 saturated heterocycles. The number of hydrogen-bond acceptors (Lipinski definition) is 3. The van der Waals surface area contributed by atoms with Gasteiger partial charge in [0.25, 0.3) is 0 Å². The van der Waals surface area contributed by atoms with Gasteiger partial charge in [-0.05, 0) is 56.4 Å². The minimum atomic E-state index is -1.24. The SMILES string of the molecule is Cc1ccc(C(C)(O)CNC(=O)NC2CCCc3ccccc32)o1. The van der Waals surface area contributed by atoms with E-state index in [1.165, 1.54) is 11.1 Å². The van der Waals surface area contributed by atoms with E-state index in [0.717, 1.165) is 25.0 Å². The number of nitrogens with one attached hydrogen (secondary N) is 2. The van der Waals surface area contributed by atoms with E-state index in [1.807, 2.05) is 19.1 Å². The van der Waals surface area contributed by atoms with Gasteiger partial charge < -0.3 is 20.2 Å². The van der Waals surface area contributed by atoms with E-state index >= 15 is 0 Å². The van der Waals surface area contributed by atoms with Crippen LogP contribution in [-0.4, -0.2) is 17.7 Å². The van der Waals surface area contributed by atoms with Gasteiger partial charge in [-0.1, -0.05) is 24.3 Å². The maximum Gasteiger partial charge on any atom is 0.315 e. The number of amides is 2. The first-order valence-electron chi connectivity index (χ1n) is 8.37. The number of rotatable bonds is 4. The Balaban J connectivity index is 1.59. The third-order valence-electron chi connectivity index (χ3n) is 4.54. The number of urea groups is 1. The molecule has 0 radical (unpaired) electrons. The molecule has 1 aliphatic rings. The lowest BCUT2D eigenvalue weighted by Crippen LogP contribution is -2.44. The summed E-state index contributed by atoms with van der Waals surface area (Å²) in [6.07, 6.45) is 3.05. The second-order valence-corrected chi connectivity index (χ2v) is 6.65. The molecular weight excluding hydrogens is 304 g/mol. The highest BCUT2D eigenvalue weighted by atomic mass is 16.4. The first-order chi connectivity index (χ1) is 11.5. The zero-order valence-electron chi connectivity index (χ0n) is 14.1. The van der Waals surface area contributed by atoms with Gasteiger partial charge in [-0.15, -0.1) is 0 Å². The Bertz CT molecular complexity index is 721. The standard InChI is InChI=1S/C19H24N2O3/c1-13-10-11-17(24-13)19(2,23)12-20-18(22)21-16-9-5-7-14-6-3-4-8-15(14)16/h3-4,6,8,10-11,16,23H,5,7,9,12H2,1-2H3,(H2,20,21,22). The van der Waals surface area contributed by atoms with Crippen molar-refractivity contribution in [1.29, 1.82) is 0 Å². The summed E-state index contributed by atoms with van der Waals surface area (Å²) in [6.45, 7) is 3.53. The van der Waals surface area contributed by atoms with Crippen molar-refractivity contribution in [2.75, 3.05) is 6.54 Å². The zero-order chi connectivity index (χ0) is 17.2. The minimum absolute atomic E-state index is 0.0192. The van der Waals surface area contributed by atoms with E-state index in [9.17, 15) is 9.90 Å². The zero-order valence-corrected chi connectivity index (χ0v) is 14.1. The van der Waals surface area contributed by atoms with Crippen LogP contribution in [-0.2, 0) is 12.0 Å². The predicted octanol–water partition coefficient (Wildman–Crippen LogP) is 3.17. The smallest absolute Gasteiger partial charge is 0.315 e. The highest BCUT2D eigenvalue weighted by Gasteiger charge is 2.28. The van der Waals surface area contributed by atoms with Crippen molar-refractivity contribution < 1.29 is 14.3 Å². The number of fused-ring (bicyclic) bond motifs is 1. The summed E-state index contributed by atoms with van der Waals surface area (Å²) in [6, 6.07) is 11.5. The van der Waals surface area contributed by atoms with E-state index < -0.39 is 5.60 Å². The van der Waals surface area contributed by atoms with Gasteiger partial charge in [-0.3, -0.25) is 0 Å². The van der Waals surface area contributed by atoms with Gasteiger partial charge in [0, 0.05) is 0 Å². The summed E-state index contributed by atoms with van der Waals surface area (Å²) in [7, 11) is 0. The average molecular weight is 328 g/mol. The maximum atomic E-state index is 12.2. The Morgan fingerprint density at radius 3 is 2.88 bits per heavy atom. The molecule has 1 heterocycles. The van der Waals surface area contributed by atoms with Crippen LogP contribution in [0.2, 0.25) is 0 Å². The number of benzene rings is 1. The second-order valence-electron chi connectivity index (χ2n) is 6.65. The van der Waals surface area contributed by atoms with E-state index in [1.54, 1.807) is 19.1 Å². The molecule has 0 bridgehead atoms. The van der Waals surface area contributed by atoms with Crippen molar-refractivity contribution in [3.8, 4) is 0 Å². The molecule has 0 aliphatic heterocycles. The Kier molecular flexibility index (Phi) is 4.62. The largest absolute Gasteiger partial charge is 0.463 e. The Hall–Kier alpha value is -2.27. The van der Waals surface area contributed by atoms with Crippen molar-refractivity contribution in [3.63, 3.8) is 0 Å². The number of carbonyl (C=O) groups is 1. The van der Waals surface area contributed by atoms with Crippen LogP contribution in [0.1, 0.15) is 48.5 Å². The van der Waals surface area contributed by atoms with Crippen molar-refractivity contribution in [2.45, 2.75) is 44.8 Å². The summed E-state index contributed by atoms with van der Waals surface area (Å²) >= 11 is 0. The molecule has 1 aromatic heterocycles. The normalized spacial score (nSPS) is 19.2. The first-order valence-corrected chi connectivity index (χ1v) is 8.37. The maximum absolute atomic E-state index is 12.2. The number of hydrogen-bond donors (Lipinski definition) is 3. The monoisotopic (exact) mass is 328 g/mol. The van der Waals surface area contributed by atoms with Crippen LogP contribution in [0.25, 0.3) is 0 Å². The lowest BCUT2D eigenvalue weighted by Gasteiger charge is -2.27. The van der Waals surface area contributed by atoms with Crippen LogP contribution in [0.3, 0.4) is 0 Å². The predicted molar refractivity (Wildman–Crippen MR) is 91.7 cm³/mol. The van der Waals surface area contributed by atoms with Gasteiger partial charge in [0.15, 0.2) is 0 Å². The van der Waals surface area contributed by atoms with Gasteiger partial charge in [0.05, 0.1) is 12.6 Å². The fourth-order valence-electron chi connectivity index (χ4n) is 3.18. The van der Waals surface area contributed by atoms with Gasteiger partial charge >= 0.3 is 6.03 Å². The number of furan rings is 1. The van der Waals surface area contributed by atoms with Gasteiger partial charge in [-0.25, -0.2) is 4.79 Å². The number of aliphatic hydroxyl groups is 1. The summed E-state index contributed by atoms with van der Waals surface area (Å²) < 4.78 is 5.46. The fourth-order valence-corrected chi connectivity index (χ4v) is 3.18. The molecule has 5 nitrogen and oxygen atoms in total. The molecular formula is C19H24N2O3. The van der Waals surface area contributed by atoms with Gasteiger partial charge in [0.2, 0.25) is 0 Å². The van der Waals surface area contributed by atoms with E-state index in [-0.39, 0.29) is 18.6 Å². The van der Waals surface area contributed by atoms with Gasteiger partial charge in [0.1, 0.15) is 17.1 Å². The number of carbonyl (C=O) groups excluding carboxylic acids is 1. The Morgan fingerprint density at radius 1 is 1.33 bits per heavy atom. The second kappa shape index (κ2) is 6.69. The molecule has 1 aliphatic carbocycles. The molecule has 2 atom stereocenters. The summed E-state index contributed by atoms with van der Waals surface area (Å²) in [5, 5.41) is 16.2. The highest BCUT2D eigenvalue weighted by molar-refractivity contribution is 5.74. The van der Waals surface area contributed by atoms with Crippen LogP contribution in [0.15, 0.2) is 40.8 Å². The third kappa shape index (κ3) is 3.62. The summed E-state index contributed by atoms with van der Waals surface area (Å²) in [5.41, 5.74) is 1.25. The third-order valence-corrected chi connectivity index (χ3v) is 4.54. The molecule has 1 aromatic carbocycles. The first kappa shape index (κ1) is 16.6. The van der Waals surface area contributed by atoms with E-state index in [2.05, 4.69) is 22.8 Å². The summed E-state index contributed by atoms with van der Waals surface area (Å²) in [4.78, 5) is 12.2. The van der Waals surface area contributed by atoms with Crippen LogP contribution in [0.5, 0.6) is 0 Å². The van der Waals surface area contributed by atoms with Crippen molar-refractivity contribution in [1.82, 2.24) is 10.6 Å². The molecule has 3 N–H and O–H groups in total. The lowest BCUT2D eigenvalue weighted by molar-refractivity contribution is 0.0358. The minimum Gasteiger partial charge on any atom is -0.463 e. The van der Waals surface area contributed by atoms with E-state index in [0.29, 0.717) is 5.76 Å². The molecule has 2 unspecified atom stereocenters. The molecule has 5 heteroatoms. The molecule has 128 valence electrons. The van der Waals surface area contributed by atoms with Crippen LogP contribution in [0.4, 0.5) is 4.79 Å². The lowest BCUT2D eigenvalue weighted by atomic mass is 9.88. The Morgan fingerprint density at radius 2 is 2.12 bits per heavy atom. The molecule has 2 aromatic rings. The van der Waals surface area contributed by atoms with Crippen molar-refractivity contribution in [2.24, 2.45) is 0 Å². The van der Waals surface area contributed by atoms with Gasteiger partial charge in [-0.2, -0.15) is 0 Å². The highest BCUT2D eigenvalue weighted by Crippen LogP contribution is 2.29. The van der Waals surface area contributed by atoms with Crippen LogP contribution in [0, 0.1) is 6.92 Å². The summed E-state index contributed by atoms with van der Waals surface area (Å²) in [5.74, 6) is 1.18. The fraction of sp³-hybridized carbons (Fsp3) is 0.421. The molecule has 3 rings (SSSR count). The Labute approximate surface area is 142 Å². The topological polar surface area (TPSA) is 74.5 Å². The van der Waals surface area contributed by atoms with Crippen LogP contribution >= 0.6 is 0 Å². The van der Waals surface area contributed by atoms with Crippen molar-refractivity contribution in [3.05, 3.63) is 59.0 Å². The quantitative estimate of drug-likeness (QED) is 0.807. The average Bonchev–Trinajstić information content (AvgIpc) is 3.01. The molecule has 24 heavy (non-hydrogen) atoms. The molecule has 0 fully saturated rings. The molecule has 2 amide bonds.